The number of para-hydroxylation sites is 1. The van der Waals surface area contributed by atoms with E-state index in [0.717, 1.165) is 23.6 Å². The Kier molecular flexibility index (Phi) is 3.97. The summed E-state index contributed by atoms with van der Waals surface area (Å²) in [6.45, 7) is 2.81. The SMILES string of the molecule is Cc1cccc(-c2ccccc2CNc2ccccc2)n1. The molecule has 3 aromatic rings. The third kappa shape index (κ3) is 3.29. The number of hydrogen-bond donors (Lipinski definition) is 1. The van der Waals surface area contributed by atoms with Crippen LogP contribution in [0.3, 0.4) is 0 Å². The van der Waals surface area contributed by atoms with Crippen LogP contribution in [0.1, 0.15) is 11.3 Å². The van der Waals surface area contributed by atoms with Crippen LogP contribution >= 0.6 is 0 Å². The van der Waals surface area contributed by atoms with Crippen molar-refractivity contribution in [3.8, 4) is 11.3 Å². The highest BCUT2D eigenvalue weighted by molar-refractivity contribution is 5.64. The molecule has 0 aliphatic rings. The molecule has 0 aliphatic carbocycles. The predicted octanol–water partition coefficient (Wildman–Crippen LogP) is 4.67. The molecule has 0 saturated carbocycles. The molecule has 2 nitrogen and oxygen atoms in total. The van der Waals surface area contributed by atoms with Gasteiger partial charge in [-0.2, -0.15) is 0 Å². The number of pyridine rings is 1. The standard InChI is InChI=1S/C19H18N2/c1-15-8-7-13-19(21-15)18-12-6-5-9-16(18)14-20-17-10-3-2-4-11-17/h2-13,20H,14H2,1H3. The van der Waals surface area contributed by atoms with E-state index in [1.165, 1.54) is 11.1 Å². The van der Waals surface area contributed by atoms with Gasteiger partial charge in [-0.05, 0) is 36.8 Å². The molecular formula is C19H18N2. The minimum absolute atomic E-state index is 0.788. The molecule has 0 atom stereocenters. The van der Waals surface area contributed by atoms with Gasteiger partial charge < -0.3 is 5.32 Å². The number of hydrogen-bond acceptors (Lipinski definition) is 2. The highest BCUT2D eigenvalue weighted by Gasteiger charge is 2.05. The molecule has 21 heavy (non-hydrogen) atoms. The summed E-state index contributed by atoms with van der Waals surface area (Å²) in [6, 6.07) is 24.8. The molecule has 1 heterocycles. The van der Waals surface area contributed by atoms with Gasteiger partial charge in [0, 0.05) is 23.5 Å². The summed E-state index contributed by atoms with van der Waals surface area (Å²) in [7, 11) is 0. The van der Waals surface area contributed by atoms with E-state index in [2.05, 4.69) is 58.8 Å². The lowest BCUT2D eigenvalue weighted by Crippen LogP contribution is -2.01. The molecule has 1 N–H and O–H groups in total. The molecule has 0 bridgehead atoms. The first-order valence-corrected chi connectivity index (χ1v) is 7.14. The second kappa shape index (κ2) is 6.23. The van der Waals surface area contributed by atoms with E-state index in [0.29, 0.717) is 0 Å². The van der Waals surface area contributed by atoms with Gasteiger partial charge in [0.2, 0.25) is 0 Å². The molecule has 0 saturated heterocycles. The lowest BCUT2D eigenvalue weighted by atomic mass is 10.0. The van der Waals surface area contributed by atoms with Crippen molar-refractivity contribution in [1.29, 1.82) is 0 Å². The summed E-state index contributed by atoms with van der Waals surface area (Å²) >= 11 is 0. The van der Waals surface area contributed by atoms with E-state index in [1.807, 2.05) is 31.2 Å². The number of benzene rings is 2. The Morgan fingerprint density at radius 2 is 1.57 bits per heavy atom. The average Bonchev–Trinajstić information content (AvgIpc) is 2.54. The number of rotatable bonds is 4. The van der Waals surface area contributed by atoms with Gasteiger partial charge in [-0.1, -0.05) is 48.5 Å². The van der Waals surface area contributed by atoms with Gasteiger partial charge in [-0.15, -0.1) is 0 Å². The van der Waals surface area contributed by atoms with Crippen LogP contribution in [0.25, 0.3) is 11.3 Å². The van der Waals surface area contributed by atoms with Gasteiger partial charge >= 0.3 is 0 Å². The molecule has 0 aliphatic heterocycles. The lowest BCUT2D eigenvalue weighted by molar-refractivity contribution is 1.13. The average molecular weight is 274 g/mol. The molecule has 104 valence electrons. The maximum absolute atomic E-state index is 4.63. The normalized spacial score (nSPS) is 10.3. The van der Waals surface area contributed by atoms with E-state index in [4.69, 9.17) is 0 Å². The molecular weight excluding hydrogens is 256 g/mol. The van der Waals surface area contributed by atoms with Crippen LogP contribution in [0.4, 0.5) is 5.69 Å². The van der Waals surface area contributed by atoms with Crippen molar-refractivity contribution >= 4 is 5.69 Å². The van der Waals surface area contributed by atoms with Crippen LogP contribution in [0, 0.1) is 6.92 Å². The van der Waals surface area contributed by atoms with Gasteiger partial charge in [0.1, 0.15) is 0 Å². The van der Waals surface area contributed by atoms with Crippen molar-refractivity contribution in [2.24, 2.45) is 0 Å². The van der Waals surface area contributed by atoms with Crippen LogP contribution in [0.15, 0.2) is 72.8 Å². The van der Waals surface area contributed by atoms with E-state index >= 15 is 0 Å². The Labute approximate surface area is 125 Å². The fraction of sp³-hybridized carbons (Fsp3) is 0.105. The van der Waals surface area contributed by atoms with E-state index in [1.54, 1.807) is 0 Å². The van der Waals surface area contributed by atoms with Crippen molar-refractivity contribution in [1.82, 2.24) is 4.98 Å². The van der Waals surface area contributed by atoms with Crippen LogP contribution in [-0.4, -0.2) is 4.98 Å². The number of nitrogens with one attached hydrogen (secondary N) is 1. The van der Waals surface area contributed by atoms with Crippen LogP contribution in [0.5, 0.6) is 0 Å². The van der Waals surface area contributed by atoms with Gasteiger partial charge in [0.15, 0.2) is 0 Å². The minimum Gasteiger partial charge on any atom is -0.381 e. The molecule has 0 spiro atoms. The fourth-order valence-corrected chi connectivity index (χ4v) is 2.37. The van der Waals surface area contributed by atoms with Crippen molar-refractivity contribution < 1.29 is 0 Å². The fourth-order valence-electron chi connectivity index (χ4n) is 2.37. The highest BCUT2D eigenvalue weighted by Crippen LogP contribution is 2.23. The molecule has 0 radical (unpaired) electrons. The maximum Gasteiger partial charge on any atom is 0.0708 e. The Hall–Kier alpha value is -2.61. The third-order valence-electron chi connectivity index (χ3n) is 3.44. The largest absolute Gasteiger partial charge is 0.381 e. The summed E-state index contributed by atoms with van der Waals surface area (Å²) < 4.78 is 0. The Morgan fingerprint density at radius 1 is 0.810 bits per heavy atom. The molecule has 2 aromatic carbocycles. The summed E-state index contributed by atoms with van der Waals surface area (Å²) in [4.78, 5) is 4.63. The third-order valence-corrected chi connectivity index (χ3v) is 3.44. The summed E-state index contributed by atoms with van der Waals surface area (Å²) in [5, 5.41) is 3.46. The minimum atomic E-state index is 0.788. The first-order valence-electron chi connectivity index (χ1n) is 7.14. The maximum atomic E-state index is 4.63. The van der Waals surface area contributed by atoms with Crippen molar-refractivity contribution in [2.75, 3.05) is 5.32 Å². The quantitative estimate of drug-likeness (QED) is 0.748. The van der Waals surface area contributed by atoms with E-state index in [-0.39, 0.29) is 0 Å². The molecule has 0 unspecified atom stereocenters. The number of anilines is 1. The Balaban J connectivity index is 1.86. The summed E-state index contributed by atoms with van der Waals surface area (Å²) in [5.74, 6) is 0. The van der Waals surface area contributed by atoms with Crippen LogP contribution in [-0.2, 0) is 6.54 Å². The van der Waals surface area contributed by atoms with Crippen molar-refractivity contribution in [3.63, 3.8) is 0 Å². The van der Waals surface area contributed by atoms with E-state index < -0.39 is 0 Å². The zero-order chi connectivity index (χ0) is 14.5. The monoisotopic (exact) mass is 274 g/mol. The van der Waals surface area contributed by atoms with Crippen molar-refractivity contribution in [3.05, 3.63) is 84.1 Å². The Morgan fingerprint density at radius 3 is 2.38 bits per heavy atom. The van der Waals surface area contributed by atoms with Crippen LogP contribution < -0.4 is 5.32 Å². The number of nitrogens with zero attached hydrogens (tertiary/aromatic N) is 1. The number of aryl methyl sites for hydroxylation is 1. The Bertz CT molecular complexity index is 720. The first-order chi connectivity index (χ1) is 10.3. The van der Waals surface area contributed by atoms with E-state index in [9.17, 15) is 0 Å². The molecule has 0 amide bonds. The summed E-state index contributed by atoms with van der Waals surface area (Å²) in [5.41, 5.74) is 5.63. The van der Waals surface area contributed by atoms with Crippen LogP contribution in [0.2, 0.25) is 0 Å². The zero-order valence-corrected chi connectivity index (χ0v) is 12.1. The second-order valence-corrected chi connectivity index (χ2v) is 5.04. The van der Waals surface area contributed by atoms with Crippen molar-refractivity contribution in [2.45, 2.75) is 13.5 Å². The highest BCUT2D eigenvalue weighted by atomic mass is 14.9. The van der Waals surface area contributed by atoms with Gasteiger partial charge in [0.05, 0.1) is 5.69 Å². The molecule has 2 heteroatoms. The second-order valence-electron chi connectivity index (χ2n) is 5.04. The van der Waals surface area contributed by atoms with Gasteiger partial charge in [-0.3, -0.25) is 4.98 Å². The van der Waals surface area contributed by atoms with Gasteiger partial charge in [0.25, 0.3) is 0 Å². The topological polar surface area (TPSA) is 24.9 Å². The molecule has 3 rings (SSSR count). The van der Waals surface area contributed by atoms with Gasteiger partial charge in [-0.25, -0.2) is 0 Å². The lowest BCUT2D eigenvalue weighted by Gasteiger charge is -2.11. The zero-order valence-electron chi connectivity index (χ0n) is 12.1. The smallest absolute Gasteiger partial charge is 0.0708 e. The molecule has 1 aromatic heterocycles. The molecule has 0 fully saturated rings. The summed E-state index contributed by atoms with van der Waals surface area (Å²) in [6.07, 6.45) is 0. The first kappa shape index (κ1) is 13.4. The number of aromatic nitrogens is 1. The predicted molar refractivity (Wildman–Crippen MR) is 88.2 cm³/mol.